The van der Waals surface area contributed by atoms with Crippen molar-refractivity contribution in [2.24, 2.45) is 0 Å². The molecule has 10 aromatic rings. The summed E-state index contributed by atoms with van der Waals surface area (Å²) in [4.78, 5) is 11.3. The van der Waals surface area contributed by atoms with Gasteiger partial charge >= 0.3 is 0 Å². The fourth-order valence-corrected chi connectivity index (χ4v) is 8.36. The highest BCUT2D eigenvalue weighted by Crippen LogP contribution is 2.41. The van der Waals surface area contributed by atoms with Crippen molar-refractivity contribution in [2.75, 3.05) is 0 Å². The zero-order valence-corrected chi connectivity index (χ0v) is 27.8. The normalized spacial score (nSPS) is 11.6. The first-order chi connectivity index (χ1) is 24.8. The predicted octanol–water partition coefficient (Wildman–Crippen LogP) is 12.6. The van der Waals surface area contributed by atoms with Gasteiger partial charge in [-0.2, -0.15) is 0 Å². The summed E-state index contributed by atoms with van der Waals surface area (Å²) >= 11 is 1.73. The summed E-state index contributed by atoms with van der Waals surface area (Å²) in [7, 11) is 0. The maximum atomic E-state index is 5.23. The van der Waals surface area contributed by atoms with E-state index in [4.69, 9.17) is 9.97 Å². The molecule has 0 atom stereocenters. The van der Waals surface area contributed by atoms with E-state index in [1.54, 1.807) is 11.3 Å². The highest BCUT2D eigenvalue weighted by atomic mass is 32.1. The highest BCUT2D eigenvalue weighted by molar-refractivity contribution is 7.25. The van der Waals surface area contributed by atoms with Crippen molar-refractivity contribution in [3.05, 3.63) is 176 Å². The minimum absolute atomic E-state index is 0.746. The van der Waals surface area contributed by atoms with E-state index in [0.29, 0.717) is 0 Å². The molecule has 0 bridgehead atoms. The predicted molar refractivity (Wildman–Crippen MR) is 211 cm³/mol. The molecule has 7 aromatic carbocycles. The lowest BCUT2D eigenvalue weighted by molar-refractivity contribution is 1.18. The summed E-state index contributed by atoms with van der Waals surface area (Å²) < 4.78 is 3.58. The average molecular weight is 656 g/mol. The minimum atomic E-state index is 0.746. The molecule has 0 fully saturated rings. The standard InChI is InChI=1S/C46H29N3S/c1-3-13-30(14-4-1)45-47-44(43-38-22-8-10-24-42(38)50-46(43)48-45)35-18-12-17-33(28-35)31-15-11-16-32(27-31)34-25-26-41-39(29-34)37-21-7-9-23-40(37)49(41)36-19-5-2-6-20-36/h1-29H. The summed E-state index contributed by atoms with van der Waals surface area (Å²) in [6, 6.07) is 62.7. The van der Waals surface area contributed by atoms with Crippen LogP contribution in [0.1, 0.15) is 0 Å². The number of nitrogens with zero attached hydrogens (tertiary/aromatic N) is 3. The van der Waals surface area contributed by atoms with Gasteiger partial charge in [0, 0.05) is 43.1 Å². The molecular formula is C46H29N3S. The Kier molecular flexibility index (Phi) is 6.68. The molecule has 234 valence electrons. The number of hydrogen-bond donors (Lipinski definition) is 0. The van der Waals surface area contributed by atoms with Crippen LogP contribution in [0.25, 0.3) is 92.7 Å². The Morgan fingerprint density at radius 2 is 0.980 bits per heavy atom. The Labute approximate surface area is 293 Å². The SMILES string of the molecule is c1ccc(-c2nc(-c3cccc(-c4cccc(-c5ccc6c(c5)c5ccccc5n6-c5ccccc5)c4)c3)c3c(n2)sc2ccccc23)cc1. The number of fused-ring (bicyclic) bond motifs is 6. The van der Waals surface area contributed by atoms with Gasteiger partial charge in [-0.25, -0.2) is 9.97 Å². The fourth-order valence-electron chi connectivity index (χ4n) is 7.28. The maximum Gasteiger partial charge on any atom is 0.161 e. The van der Waals surface area contributed by atoms with Crippen molar-refractivity contribution in [1.82, 2.24) is 14.5 Å². The summed E-state index contributed by atoms with van der Waals surface area (Å²) in [5.74, 6) is 0.746. The van der Waals surface area contributed by atoms with Crippen LogP contribution >= 0.6 is 11.3 Å². The third-order valence-corrected chi connectivity index (χ3v) is 10.7. The van der Waals surface area contributed by atoms with E-state index in [2.05, 4.69) is 162 Å². The molecular weight excluding hydrogens is 627 g/mol. The van der Waals surface area contributed by atoms with Crippen molar-refractivity contribution in [3.8, 4) is 50.6 Å². The Morgan fingerprint density at radius 1 is 0.400 bits per heavy atom. The van der Waals surface area contributed by atoms with E-state index in [1.807, 2.05) is 18.2 Å². The van der Waals surface area contributed by atoms with E-state index in [0.717, 1.165) is 38.4 Å². The van der Waals surface area contributed by atoms with Gasteiger partial charge < -0.3 is 4.57 Å². The van der Waals surface area contributed by atoms with Gasteiger partial charge in [-0.05, 0) is 70.8 Å². The van der Waals surface area contributed by atoms with Crippen LogP contribution in [-0.2, 0) is 0 Å². The molecule has 0 N–H and O–H groups in total. The summed E-state index contributed by atoms with van der Waals surface area (Å²) in [6.45, 7) is 0. The Morgan fingerprint density at radius 3 is 1.76 bits per heavy atom. The van der Waals surface area contributed by atoms with Gasteiger partial charge in [0.15, 0.2) is 5.82 Å². The van der Waals surface area contributed by atoms with Crippen LogP contribution in [0.2, 0.25) is 0 Å². The number of hydrogen-bond acceptors (Lipinski definition) is 3. The molecule has 3 heterocycles. The Balaban J connectivity index is 1.10. The zero-order valence-electron chi connectivity index (χ0n) is 27.0. The van der Waals surface area contributed by atoms with Crippen LogP contribution in [0.15, 0.2) is 176 Å². The Hall–Kier alpha value is -6.36. The number of benzene rings is 7. The molecule has 0 spiro atoms. The lowest BCUT2D eigenvalue weighted by Gasteiger charge is -2.11. The molecule has 10 rings (SSSR count). The van der Waals surface area contributed by atoms with Gasteiger partial charge in [0.2, 0.25) is 0 Å². The molecule has 0 aliphatic rings. The number of aromatic nitrogens is 3. The summed E-state index contributed by atoms with van der Waals surface area (Å²) in [6.07, 6.45) is 0. The monoisotopic (exact) mass is 655 g/mol. The van der Waals surface area contributed by atoms with Crippen LogP contribution in [0.5, 0.6) is 0 Å². The quantitative estimate of drug-likeness (QED) is 0.185. The second-order valence-electron chi connectivity index (χ2n) is 12.6. The van der Waals surface area contributed by atoms with Crippen LogP contribution in [0.3, 0.4) is 0 Å². The molecule has 0 aliphatic carbocycles. The van der Waals surface area contributed by atoms with Gasteiger partial charge in [0.1, 0.15) is 4.83 Å². The summed E-state index contributed by atoms with van der Waals surface area (Å²) in [5, 5.41) is 4.81. The van der Waals surface area contributed by atoms with Crippen molar-refractivity contribution in [2.45, 2.75) is 0 Å². The molecule has 0 radical (unpaired) electrons. The fraction of sp³-hybridized carbons (Fsp3) is 0. The van der Waals surface area contributed by atoms with Crippen LogP contribution < -0.4 is 0 Å². The average Bonchev–Trinajstić information content (AvgIpc) is 3.74. The lowest BCUT2D eigenvalue weighted by Crippen LogP contribution is -1.94. The number of para-hydroxylation sites is 2. The maximum absolute atomic E-state index is 5.23. The van der Waals surface area contributed by atoms with E-state index in [1.165, 1.54) is 54.3 Å². The van der Waals surface area contributed by atoms with Gasteiger partial charge in [-0.3, -0.25) is 0 Å². The molecule has 0 amide bonds. The molecule has 0 unspecified atom stereocenters. The number of rotatable bonds is 5. The Bertz CT molecular complexity index is 2870. The first kappa shape index (κ1) is 28.6. The molecule has 0 saturated carbocycles. The van der Waals surface area contributed by atoms with E-state index in [-0.39, 0.29) is 0 Å². The third kappa shape index (κ3) is 4.73. The van der Waals surface area contributed by atoms with Crippen molar-refractivity contribution in [3.63, 3.8) is 0 Å². The van der Waals surface area contributed by atoms with Crippen molar-refractivity contribution >= 4 is 53.4 Å². The minimum Gasteiger partial charge on any atom is -0.309 e. The van der Waals surface area contributed by atoms with Gasteiger partial charge in [0.05, 0.1) is 16.7 Å². The second-order valence-corrected chi connectivity index (χ2v) is 13.7. The van der Waals surface area contributed by atoms with Crippen LogP contribution in [0.4, 0.5) is 0 Å². The first-order valence-electron chi connectivity index (χ1n) is 16.8. The van der Waals surface area contributed by atoms with E-state index < -0.39 is 0 Å². The topological polar surface area (TPSA) is 30.7 Å². The third-order valence-electron chi connectivity index (χ3n) is 9.62. The second kappa shape index (κ2) is 11.7. The van der Waals surface area contributed by atoms with Gasteiger partial charge in [-0.1, -0.05) is 127 Å². The molecule has 3 aromatic heterocycles. The van der Waals surface area contributed by atoms with Crippen molar-refractivity contribution in [1.29, 1.82) is 0 Å². The van der Waals surface area contributed by atoms with E-state index in [9.17, 15) is 0 Å². The van der Waals surface area contributed by atoms with E-state index >= 15 is 0 Å². The van der Waals surface area contributed by atoms with Crippen LogP contribution in [0, 0.1) is 0 Å². The summed E-state index contributed by atoms with van der Waals surface area (Å²) in [5.41, 5.74) is 11.3. The molecule has 3 nitrogen and oxygen atoms in total. The lowest BCUT2D eigenvalue weighted by atomic mass is 9.96. The first-order valence-corrected chi connectivity index (χ1v) is 17.6. The highest BCUT2D eigenvalue weighted by Gasteiger charge is 2.18. The zero-order chi connectivity index (χ0) is 33.0. The number of thiophene rings is 1. The molecule has 0 aliphatic heterocycles. The van der Waals surface area contributed by atoms with Gasteiger partial charge in [0.25, 0.3) is 0 Å². The van der Waals surface area contributed by atoms with Gasteiger partial charge in [-0.15, -0.1) is 11.3 Å². The smallest absolute Gasteiger partial charge is 0.161 e. The molecule has 50 heavy (non-hydrogen) atoms. The molecule has 0 saturated heterocycles. The largest absolute Gasteiger partial charge is 0.309 e. The van der Waals surface area contributed by atoms with Crippen molar-refractivity contribution < 1.29 is 0 Å². The van der Waals surface area contributed by atoms with Crippen LogP contribution in [-0.4, -0.2) is 14.5 Å². The molecule has 4 heteroatoms.